The predicted octanol–water partition coefficient (Wildman–Crippen LogP) is 3.79. The minimum Gasteiger partial charge on any atom is -0.388 e. The fourth-order valence-corrected chi connectivity index (χ4v) is 4.10. The largest absolute Gasteiger partial charge is 0.416 e. The summed E-state index contributed by atoms with van der Waals surface area (Å²) >= 11 is 0. The molecule has 1 saturated heterocycles. The van der Waals surface area contributed by atoms with E-state index in [0.717, 1.165) is 47.7 Å². The normalized spacial score (nSPS) is 18.5. The molecule has 2 heterocycles. The van der Waals surface area contributed by atoms with Crippen molar-refractivity contribution in [3.63, 3.8) is 0 Å². The van der Waals surface area contributed by atoms with Gasteiger partial charge in [-0.05, 0) is 53.9 Å². The topological polar surface area (TPSA) is 55.8 Å². The van der Waals surface area contributed by atoms with Gasteiger partial charge in [-0.25, -0.2) is 0 Å². The van der Waals surface area contributed by atoms with E-state index >= 15 is 0 Å². The number of piperazine rings is 1. The predicted molar refractivity (Wildman–Crippen MR) is 119 cm³/mol. The first kappa shape index (κ1) is 22.4. The quantitative estimate of drug-likeness (QED) is 0.736. The fourth-order valence-electron chi connectivity index (χ4n) is 4.10. The number of alkyl halides is 3. The monoisotopic (exact) mass is 445 g/mol. The summed E-state index contributed by atoms with van der Waals surface area (Å²) in [6.07, 6.45) is -0.0832. The first-order valence-corrected chi connectivity index (χ1v) is 10.7. The van der Waals surface area contributed by atoms with E-state index in [2.05, 4.69) is 15.1 Å². The molecule has 2 N–H and O–H groups in total. The van der Waals surface area contributed by atoms with Crippen LogP contribution in [0.1, 0.15) is 23.1 Å². The van der Waals surface area contributed by atoms with Crippen LogP contribution in [0.15, 0.2) is 48.5 Å². The van der Waals surface area contributed by atoms with Gasteiger partial charge in [0.1, 0.15) is 0 Å². The summed E-state index contributed by atoms with van der Waals surface area (Å²) < 4.78 is 38.2. The number of halogens is 3. The van der Waals surface area contributed by atoms with Gasteiger partial charge in [-0.1, -0.05) is 18.2 Å². The number of carbonyl (C=O) groups is 1. The molecule has 2 aromatic carbocycles. The van der Waals surface area contributed by atoms with Crippen molar-refractivity contribution in [1.82, 2.24) is 4.90 Å². The highest BCUT2D eigenvalue weighted by atomic mass is 19.4. The Morgan fingerprint density at radius 1 is 1.03 bits per heavy atom. The number of nitrogens with one attached hydrogen (secondary N) is 1. The molecule has 0 bridgehead atoms. The molecule has 1 atom stereocenters. The number of hydrogen-bond donors (Lipinski definition) is 2. The maximum atomic E-state index is 12.7. The van der Waals surface area contributed by atoms with Gasteiger partial charge < -0.3 is 15.3 Å². The lowest BCUT2D eigenvalue weighted by molar-refractivity contribution is -0.137. The van der Waals surface area contributed by atoms with Gasteiger partial charge in [-0.3, -0.25) is 9.69 Å². The highest BCUT2D eigenvalue weighted by molar-refractivity contribution is 5.94. The van der Waals surface area contributed by atoms with Crippen LogP contribution >= 0.6 is 0 Å². The molecule has 0 aliphatic carbocycles. The Bertz CT molecular complexity index is 981. The molecule has 5 nitrogen and oxygen atoms in total. The number of fused-ring (bicyclic) bond motifs is 1. The van der Waals surface area contributed by atoms with Gasteiger partial charge in [0.2, 0.25) is 5.91 Å². The van der Waals surface area contributed by atoms with E-state index in [4.69, 9.17) is 0 Å². The van der Waals surface area contributed by atoms with Crippen LogP contribution in [0.5, 0.6) is 0 Å². The smallest absolute Gasteiger partial charge is 0.388 e. The standard InChI is InChI=1S/C24H26F3N3O2/c25-24(26,27)19-4-6-20(7-5-19)30-13-11-29(12-14-30)16-21(31)8-1-17-2-9-22-18(15-17)3-10-23(32)28-22/h1-2,4-9,15,21,31H,3,10-14,16H2,(H,28,32)/b8-1+/t21-/m0/s1. The number of nitrogens with zero attached hydrogens (tertiary/aromatic N) is 2. The van der Waals surface area contributed by atoms with E-state index in [0.29, 0.717) is 32.5 Å². The van der Waals surface area contributed by atoms with Crippen molar-refractivity contribution >= 4 is 23.4 Å². The number of aliphatic hydroxyl groups is 1. The molecule has 2 aromatic rings. The molecule has 1 amide bonds. The Morgan fingerprint density at radius 2 is 1.75 bits per heavy atom. The van der Waals surface area contributed by atoms with Crippen LogP contribution in [0.4, 0.5) is 24.5 Å². The molecule has 32 heavy (non-hydrogen) atoms. The zero-order valence-electron chi connectivity index (χ0n) is 17.6. The average Bonchev–Trinajstić information content (AvgIpc) is 2.78. The van der Waals surface area contributed by atoms with Gasteiger partial charge in [0, 0.05) is 50.5 Å². The summed E-state index contributed by atoms with van der Waals surface area (Å²) in [5.74, 6) is 0.0367. The zero-order valence-corrected chi connectivity index (χ0v) is 17.6. The Labute approximate surface area is 185 Å². The van der Waals surface area contributed by atoms with Crippen LogP contribution in [0, 0.1) is 0 Å². The number of benzene rings is 2. The molecule has 0 saturated carbocycles. The first-order valence-electron chi connectivity index (χ1n) is 10.7. The van der Waals surface area contributed by atoms with Crippen molar-refractivity contribution in [3.8, 4) is 0 Å². The highest BCUT2D eigenvalue weighted by Crippen LogP contribution is 2.30. The summed E-state index contributed by atoms with van der Waals surface area (Å²) in [7, 11) is 0. The molecule has 8 heteroatoms. The average molecular weight is 445 g/mol. The van der Waals surface area contributed by atoms with Crippen molar-refractivity contribution in [2.75, 3.05) is 42.9 Å². The molecule has 0 radical (unpaired) electrons. The van der Waals surface area contributed by atoms with Crippen molar-refractivity contribution in [2.45, 2.75) is 25.1 Å². The van der Waals surface area contributed by atoms with Crippen LogP contribution in [-0.2, 0) is 17.4 Å². The maximum absolute atomic E-state index is 12.7. The van der Waals surface area contributed by atoms with Crippen LogP contribution in [0.2, 0.25) is 0 Å². The van der Waals surface area contributed by atoms with E-state index in [1.165, 1.54) is 12.1 Å². The third-order valence-corrected chi connectivity index (χ3v) is 5.91. The minimum absolute atomic E-state index is 0.0367. The molecule has 1 fully saturated rings. The molecule has 2 aliphatic rings. The molecule has 0 unspecified atom stereocenters. The molecular weight excluding hydrogens is 419 g/mol. The van der Waals surface area contributed by atoms with Crippen molar-refractivity contribution in [2.24, 2.45) is 0 Å². The lowest BCUT2D eigenvalue weighted by Gasteiger charge is -2.36. The van der Waals surface area contributed by atoms with Crippen LogP contribution in [-0.4, -0.2) is 54.7 Å². The summed E-state index contributed by atoms with van der Waals surface area (Å²) in [5, 5.41) is 13.3. The van der Waals surface area contributed by atoms with E-state index < -0.39 is 17.8 Å². The third-order valence-electron chi connectivity index (χ3n) is 5.91. The summed E-state index contributed by atoms with van der Waals surface area (Å²) in [5.41, 5.74) is 3.07. The van der Waals surface area contributed by atoms with Crippen molar-refractivity contribution in [3.05, 3.63) is 65.2 Å². The van der Waals surface area contributed by atoms with Crippen LogP contribution in [0.3, 0.4) is 0 Å². The molecule has 170 valence electrons. The van der Waals surface area contributed by atoms with Gasteiger partial charge in [-0.2, -0.15) is 13.2 Å². The molecule has 4 rings (SSSR count). The lowest BCUT2D eigenvalue weighted by Crippen LogP contribution is -2.48. The Hall–Kier alpha value is -2.84. The van der Waals surface area contributed by atoms with E-state index in [9.17, 15) is 23.1 Å². The summed E-state index contributed by atoms with van der Waals surface area (Å²) in [4.78, 5) is 15.7. The van der Waals surface area contributed by atoms with Crippen LogP contribution in [0.25, 0.3) is 6.08 Å². The second-order valence-electron chi connectivity index (χ2n) is 8.22. The van der Waals surface area contributed by atoms with Gasteiger partial charge in [0.15, 0.2) is 0 Å². The SMILES string of the molecule is O=C1CCc2cc(/C=C/[C@H](O)CN3CCN(c4ccc(C(F)(F)F)cc4)CC3)ccc2N1. The fraction of sp³-hybridized carbons (Fsp3) is 0.375. The van der Waals surface area contributed by atoms with Crippen molar-refractivity contribution < 1.29 is 23.1 Å². The Kier molecular flexibility index (Phi) is 6.53. The number of carbonyl (C=O) groups excluding carboxylic acids is 1. The number of β-amino-alcohol motifs (C(OH)–C–C–N with tert-alkyl or cyclic N) is 1. The van der Waals surface area contributed by atoms with Crippen LogP contribution < -0.4 is 10.2 Å². The molecule has 0 aromatic heterocycles. The maximum Gasteiger partial charge on any atom is 0.416 e. The van der Waals surface area contributed by atoms with E-state index in [-0.39, 0.29) is 5.91 Å². The van der Waals surface area contributed by atoms with Gasteiger partial charge in [0.05, 0.1) is 11.7 Å². The first-order chi connectivity index (χ1) is 15.3. The summed E-state index contributed by atoms with van der Waals surface area (Å²) in [6.45, 7) is 3.34. The van der Waals surface area contributed by atoms with Gasteiger partial charge in [0.25, 0.3) is 0 Å². The number of aryl methyl sites for hydroxylation is 1. The number of rotatable bonds is 5. The Morgan fingerprint density at radius 3 is 2.44 bits per heavy atom. The molecular formula is C24H26F3N3O2. The second-order valence-corrected chi connectivity index (χ2v) is 8.22. The second kappa shape index (κ2) is 9.34. The minimum atomic E-state index is -4.32. The third kappa shape index (κ3) is 5.49. The lowest BCUT2D eigenvalue weighted by atomic mass is 10.00. The van der Waals surface area contributed by atoms with Gasteiger partial charge in [-0.15, -0.1) is 0 Å². The molecule has 2 aliphatic heterocycles. The van der Waals surface area contributed by atoms with Crippen molar-refractivity contribution in [1.29, 1.82) is 0 Å². The Balaban J connectivity index is 1.26. The highest BCUT2D eigenvalue weighted by Gasteiger charge is 2.30. The number of anilines is 2. The number of aliphatic hydroxyl groups excluding tert-OH is 1. The summed E-state index contributed by atoms with van der Waals surface area (Å²) in [6, 6.07) is 11.1. The van der Waals surface area contributed by atoms with E-state index in [1.807, 2.05) is 24.3 Å². The van der Waals surface area contributed by atoms with E-state index in [1.54, 1.807) is 6.08 Å². The zero-order chi connectivity index (χ0) is 22.7. The molecule has 0 spiro atoms. The number of hydrogen-bond acceptors (Lipinski definition) is 4. The number of amides is 1. The van der Waals surface area contributed by atoms with Gasteiger partial charge >= 0.3 is 6.18 Å².